The molecule has 0 aromatic heterocycles. The number of hydrogen-bond donors (Lipinski definition) is 5. The van der Waals surface area contributed by atoms with Crippen LogP contribution in [-0.4, -0.2) is 59.0 Å². The predicted octanol–water partition coefficient (Wildman–Crippen LogP) is -1.24. The molecule has 2 amide bonds. The highest BCUT2D eigenvalue weighted by Crippen LogP contribution is 2.12. The average Bonchev–Trinajstić information content (AvgIpc) is 2.39. The van der Waals surface area contributed by atoms with Crippen LogP contribution in [0.15, 0.2) is 0 Å². The summed E-state index contributed by atoms with van der Waals surface area (Å²) in [6.07, 6.45) is 0.568. The van der Waals surface area contributed by atoms with Crippen molar-refractivity contribution in [1.29, 1.82) is 0 Å². The van der Waals surface area contributed by atoms with E-state index in [1.54, 1.807) is 20.8 Å². The number of carbonyl (C=O) groups excluding carboxylic acids is 2. The van der Waals surface area contributed by atoms with Gasteiger partial charge in [0.05, 0.1) is 19.8 Å². The highest BCUT2D eigenvalue weighted by molar-refractivity contribution is 5.81. The molecule has 0 bridgehead atoms. The molecule has 0 unspecified atom stereocenters. The van der Waals surface area contributed by atoms with Gasteiger partial charge >= 0.3 is 0 Å². The van der Waals surface area contributed by atoms with E-state index in [-0.39, 0.29) is 12.3 Å². The van der Waals surface area contributed by atoms with E-state index >= 15 is 0 Å². The number of carbonyl (C=O) groups is 2. The van der Waals surface area contributed by atoms with Crippen molar-refractivity contribution < 1.29 is 24.9 Å². The average molecular weight is 290 g/mol. The van der Waals surface area contributed by atoms with Crippen LogP contribution in [0.3, 0.4) is 0 Å². The maximum absolute atomic E-state index is 11.6. The SMILES string of the molecule is CC(C)(C)C(=O)NCCCC(=O)NC(CO)(CO)CO. The lowest BCUT2D eigenvalue weighted by atomic mass is 9.96. The van der Waals surface area contributed by atoms with Crippen molar-refractivity contribution >= 4 is 11.8 Å². The van der Waals surface area contributed by atoms with Crippen molar-refractivity contribution in [3.05, 3.63) is 0 Å². The third-order valence-corrected chi connectivity index (χ3v) is 2.86. The molecule has 0 heterocycles. The lowest BCUT2D eigenvalue weighted by Crippen LogP contribution is -2.57. The smallest absolute Gasteiger partial charge is 0.225 e. The first-order valence-electron chi connectivity index (χ1n) is 6.62. The van der Waals surface area contributed by atoms with Crippen LogP contribution in [0.1, 0.15) is 33.6 Å². The molecular formula is C13H26N2O5. The van der Waals surface area contributed by atoms with Crippen LogP contribution in [0.4, 0.5) is 0 Å². The zero-order valence-electron chi connectivity index (χ0n) is 12.4. The van der Waals surface area contributed by atoms with Gasteiger partial charge in [-0.25, -0.2) is 0 Å². The monoisotopic (exact) mass is 290 g/mol. The Hall–Kier alpha value is -1.18. The molecule has 7 nitrogen and oxygen atoms in total. The van der Waals surface area contributed by atoms with E-state index in [0.717, 1.165) is 0 Å². The van der Waals surface area contributed by atoms with Crippen LogP contribution in [0.5, 0.6) is 0 Å². The molecule has 0 rings (SSSR count). The molecule has 5 N–H and O–H groups in total. The van der Waals surface area contributed by atoms with Gasteiger partial charge in [-0.3, -0.25) is 9.59 Å². The fourth-order valence-electron chi connectivity index (χ4n) is 1.34. The third-order valence-electron chi connectivity index (χ3n) is 2.86. The summed E-state index contributed by atoms with van der Waals surface area (Å²) in [5.41, 5.74) is -1.87. The van der Waals surface area contributed by atoms with Gasteiger partial charge in [-0.05, 0) is 6.42 Å². The Balaban J connectivity index is 4.04. The Labute approximate surface area is 119 Å². The van der Waals surface area contributed by atoms with E-state index in [1.807, 2.05) is 0 Å². The zero-order valence-corrected chi connectivity index (χ0v) is 12.4. The van der Waals surface area contributed by atoms with E-state index in [2.05, 4.69) is 10.6 Å². The van der Waals surface area contributed by atoms with Gasteiger partial charge in [0.25, 0.3) is 0 Å². The normalized spacial score (nSPS) is 12.1. The van der Waals surface area contributed by atoms with Crippen molar-refractivity contribution in [1.82, 2.24) is 10.6 Å². The Bertz CT molecular complexity index is 313. The minimum absolute atomic E-state index is 0.0895. The molecule has 7 heteroatoms. The molecular weight excluding hydrogens is 264 g/mol. The number of nitrogens with one attached hydrogen (secondary N) is 2. The molecule has 0 atom stereocenters. The standard InChI is InChI=1S/C13H26N2O5/c1-12(2,3)11(20)14-6-4-5-10(19)15-13(7-16,8-17)9-18/h16-18H,4-9H2,1-3H3,(H,14,20)(H,15,19). The number of amides is 2. The lowest BCUT2D eigenvalue weighted by Gasteiger charge is -2.28. The summed E-state index contributed by atoms with van der Waals surface area (Å²) in [4.78, 5) is 23.2. The molecule has 0 aliphatic heterocycles. The van der Waals surface area contributed by atoms with Gasteiger partial charge < -0.3 is 26.0 Å². The fraction of sp³-hybridized carbons (Fsp3) is 0.846. The molecule has 0 radical (unpaired) electrons. The Morgan fingerprint density at radius 3 is 1.90 bits per heavy atom. The second-order valence-corrected chi connectivity index (χ2v) is 5.91. The Kier molecular flexibility index (Phi) is 7.70. The molecule has 0 aromatic carbocycles. The van der Waals surface area contributed by atoms with Gasteiger partial charge in [0.1, 0.15) is 5.54 Å². The fourth-order valence-corrected chi connectivity index (χ4v) is 1.34. The molecule has 0 spiro atoms. The van der Waals surface area contributed by atoms with E-state index in [0.29, 0.717) is 13.0 Å². The molecule has 0 aliphatic rings. The highest BCUT2D eigenvalue weighted by atomic mass is 16.3. The first-order valence-corrected chi connectivity index (χ1v) is 6.62. The Morgan fingerprint density at radius 1 is 1.00 bits per heavy atom. The first-order chi connectivity index (χ1) is 9.20. The lowest BCUT2D eigenvalue weighted by molar-refractivity contribution is -0.129. The van der Waals surface area contributed by atoms with Crippen molar-refractivity contribution in [2.75, 3.05) is 26.4 Å². The molecule has 0 aliphatic carbocycles. The van der Waals surface area contributed by atoms with E-state index in [1.165, 1.54) is 0 Å². The molecule has 0 saturated heterocycles. The topological polar surface area (TPSA) is 119 Å². The molecule has 118 valence electrons. The first kappa shape index (κ1) is 18.8. The maximum atomic E-state index is 11.6. The van der Waals surface area contributed by atoms with Crippen molar-refractivity contribution in [3.8, 4) is 0 Å². The molecule has 20 heavy (non-hydrogen) atoms. The quantitative estimate of drug-likeness (QED) is 0.358. The van der Waals surface area contributed by atoms with Gasteiger partial charge in [0.15, 0.2) is 0 Å². The summed E-state index contributed by atoms with van der Waals surface area (Å²) in [5.74, 6) is -0.486. The van der Waals surface area contributed by atoms with Crippen LogP contribution in [0.25, 0.3) is 0 Å². The van der Waals surface area contributed by atoms with E-state index in [9.17, 15) is 9.59 Å². The largest absolute Gasteiger partial charge is 0.394 e. The number of hydrogen-bond acceptors (Lipinski definition) is 5. The maximum Gasteiger partial charge on any atom is 0.225 e. The molecule has 0 aromatic rings. The Morgan fingerprint density at radius 2 is 1.50 bits per heavy atom. The number of aliphatic hydroxyl groups is 3. The summed E-state index contributed by atoms with van der Waals surface area (Å²) >= 11 is 0. The third kappa shape index (κ3) is 6.31. The molecule has 0 fully saturated rings. The van der Waals surface area contributed by atoms with Gasteiger partial charge in [-0.2, -0.15) is 0 Å². The van der Waals surface area contributed by atoms with Crippen LogP contribution in [-0.2, 0) is 9.59 Å². The summed E-state index contributed by atoms with van der Waals surface area (Å²) in [5, 5.41) is 32.3. The number of aliphatic hydroxyl groups excluding tert-OH is 3. The van der Waals surface area contributed by atoms with Crippen molar-refractivity contribution in [3.63, 3.8) is 0 Å². The zero-order chi connectivity index (χ0) is 15.8. The van der Waals surface area contributed by atoms with Crippen molar-refractivity contribution in [2.24, 2.45) is 5.41 Å². The summed E-state index contributed by atoms with van der Waals surface area (Å²) < 4.78 is 0. The van der Waals surface area contributed by atoms with Crippen molar-refractivity contribution in [2.45, 2.75) is 39.2 Å². The van der Waals surface area contributed by atoms with Gasteiger partial charge in [0.2, 0.25) is 11.8 Å². The predicted molar refractivity (Wildman–Crippen MR) is 73.8 cm³/mol. The summed E-state index contributed by atoms with van der Waals surface area (Å²) in [6.45, 7) is 4.12. The van der Waals surface area contributed by atoms with Gasteiger partial charge in [-0.15, -0.1) is 0 Å². The van der Waals surface area contributed by atoms with E-state index in [4.69, 9.17) is 15.3 Å². The minimum Gasteiger partial charge on any atom is -0.394 e. The second kappa shape index (κ2) is 8.18. The second-order valence-electron chi connectivity index (χ2n) is 5.91. The number of rotatable bonds is 8. The summed E-state index contributed by atoms with van der Waals surface area (Å²) in [6, 6.07) is 0. The van der Waals surface area contributed by atoms with Crippen LogP contribution < -0.4 is 10.6 Å². The highest BCUT2D eigenvalue weighted by Gasteiger charge is 2.29. The van der Waals surface area contributed by atoms with Gasteiger partial charge in [0, 0.05) is 18.4 Å². The van der Waals surface area contributed by atoms with Crippen LogP contribution >= 0.6 is 0 Å². The minimum atomic E-state index is -1.40. The van der Waals surface area contributed by atoms with Crippen LogP contribution in [0, 0.1) is 5.41 Å². The van der Waals surface area contributed by atoms with E-state index < -0.39 is 36.7 Å². The van der Waals surface area contributed by atoms with Gasteiger partial charge in [-0.1, -0.05) is 20.8 Å². The summed E-state index contributed by atoms with van der Waals surface area (Å²) in [7, 11) is 0. The van der Waals surface area contributed by atoms with Crippen LogP contribution in [0.2, 0.25) is 0 Å². The molecule has 0 saturated carbocycles.